The minimum atomic E-state index is -4.55. The molecule has 1 aromatic heterocycles. The zero-order valence-electron chi connectivity index (χ0n) is 9.38. The number of hydrogen-bond acceptors (Lipinski definition) is 3. The average Bonchev–Trinajstić information content (AvgIpc) is 2.71. The van der Waals surface area contributed by atoms with Crippen LogP contribution in [0.5, 0.6) is 5.75 Å². The number of nitrogens with one attached hydrogen (secondary N) is 1. The summed E-state index contributed by atoms with van der Waals surface area (Å²) in [5, 5.41) is 5.35. The molecule has 0 saturated heterocycles. The van der Waals surface area contributed by atoms with Crippen LogP contribution >= 0.6 is 0 Å². The second-order valence-corrected chi connectivity index (χ2v) is 3.59. The van der Waals surface area contributed by atoms with Crippen LogP contribution in [-0.2, 0) is 6.18 Å². The van der Waals surface area contributed by atoms with E-state index in [1.54, 1.807) is 12.1 Å². The Hall–Kier alpha value is -2.18. The van der Waals surface area contributed by atoms with Gasteiger partial charge in [-0.15, -0.1) is 0 Å². The van der Waals surface area contributed by atoms with Gasteiger partial charge in [-0.05, 0) is 17.7 Å². The van der Waals surface area contributed by atoms with Crippen molar-refractivity contribution in [2.75, 3.05) is 12.8 Å². The van der Waals surface area contributed by atoms with Gasteiger partial charge in [-0.1, -0.05) is 12.1 Å². The van der Waals surface area contributed by atoms with Gasteiger partial charge in [0.1, 0.15) is 11.6 Å². The quantitative estimate of drug-likeness (QED) is 0.869. The lowest BCUT2D eigenvalue weighted by molar-refractivity contribution is -0.140. The molecular formula is C11H10F3N3O. The van der Waals surface area contributed by atoms with Gasteiger partial charge in [0.15, 0.2) is 5.69 Å². The third kappa shape index (κ3) is 2.11. The highest BCUT2D eigenvalue weighted by Crippen LogP contribution is 2.38. The SMILES string of the molecule is COc1ccc(-c2c(C(F)(F)F)n[nH]c2N)cc1. The predicted octanol–water partition coefficient (Wildman–Crippen LogP) is 2.69. The number of methoxy groups -OCH3 is 1. The number of nitrogen functional groups attached to an aromatic ring is 1. The predicted molar refractivity (Wildman–Crippen MR) is 60.0 cm³/mol. The molecule has 2 rings (SSSR count). The van der Waals surface area contributed by atoms with Crippen molar-refractivity contribution in [2.24, 2.45) is 0 Å². The van der Waals surface area contributed by atoms with Gasteiger partial charge in [-0.3, -0.25) is 5.10 Å². The van der Waals surface area contributed by atoms with Crippen molar-refractivity contribution in [3.8, 4) is 16.9 Å². The van der Waals surface area contributed by atoms with E-state index in [0.717, 1.165) is 0 Å². The van der Waals surface area contributed by atoms with E-state index in [0.29, 0.717) is 11.3 Å². The molecule has 96 valence electrons. The molecule has 0 aliphatic heterocycles. The molecule has 0 aliphatic rings. The summed E-state index contributed by atoms with van der Waals surface area (Å²) < 4.78 is 43.1. The van der Waals surface area contributed by atoms with Crippen LogP contribution < -0.4 is 10.5 Å². The van der Waals surface area contributed by atoms with Crippen molar-refractivity contribution in [2.45, 2.75) is 6.18 Å². The van der Waals surface area contributed by atoms with Crippen molar-refractivity contribution < 1.29 is 17.9 Å². The normalized spacial score (nSPS) is 11.6. The second-order valence-electron chi connectivity index (χ2n) is 3.59. The maximum absolute atomic E-state index is 12.7. The van der Waals surface area contributed by atoms with Crippen molar-refractivity contribution in [3.63, 3.8) is 0 Å². The third-order valence-electron chi connectivity index (χ3n) is 2.44. The Kier molecular flexibility index (Phi) is 2.90. The highest BCUT2D eigenvalue weighted by atomic mass is 19.4. The molecule has 7 heteroatoms. The van der Waals surface area contributed by atoms with Crippen molar-refractivity contribution >= 4 is 5.82 Å². The number of H-pyrrole nitrogens is 1. The minimum absolute atomic E-state index is 0.118. The molecule has 0 aliphatic carbocycles. The number of anilines is 1. The number of alkyl halides is 3. The van der Waals surface area contributed by atoms with E-state index >= 15 is 0 Å². The van der Waals surface area contributed by atoms with E-state index < -0.39 is 11.9 Å². The number of rotatable bonds is 2. The first-order valence-electron chi connectivity index (χ1n) is 4.99. The Morgan fingerprint density at radius 2 is 1.83 bits per heavy atom. The number of benzene rings is 1. The van der Waals surface area contributed by atoms with Gasteiger partial charge in [0.05, 0.1) is 12.7 Å². The van der Waals surface area contributed by atoms with Crippen molar-refractivity contribution in [3.05, 3.63) is 30.0 Å². The summed E-state index contributed by atoms with van der Waals surface area (Å²) in [6, 6.07) is 6.11. The molecule has 4 nitrogen and oxygen atoms in total. The maximum Gasteiger partial charge on any atom is 0.435 e. The van der Waals surface area contributed by atoms with Crippen LogP contribution in [0.2, 0.25) is 0 Å². The largest absolute Gasteiger partial charge is 0.497 e. The highest BCUT2D eigenvalue weighted by Gasteiger charge is 2.38. The Morgan fingerprint density at radius 3 is 2.33 bits per heavy atom. The van der Waals surface area contributed by atoms with E-state index in [2.05, 4.69) is 10.2 Å². The summed E-state index contributed by atoms with van der Waals surface area (Å²) in [4.78, 5) is 0. The molecule has 0 fully saturated rings. The second kappa shape index (κ2) is 4.25. The molecule has 0 spiro atoms. The molecule has 2 aromatic rings. The first-order chi connectivity index (χ1) is 8.43. The molecule has 0 amide bonds. The Balaban J connectivity index is 2.52. The fourth-order valence-corrected chi connectivity index (χ4v) is 1.61. The lowest BCUT2D eigenvalue weighted by Gasteiger charge is -2.07. The fourth-order valence-electron chi connectivity index (χ4n) is 1.61. The van der Waals surface area contributed by atoms with Gasteiger partial charge in [0, 0.05) is 0 Å². The van der Waals surface area contributed by atoms with Gasteiger partial charge >= 0.3 is 6.18 Å². The summed E-state index contributed by atoms with van der Waals surface area (Å²) in [6.07, 6.45) is -4.55. The molecule has 0 bridgehead atoms. The Morgan fingerprint density at radius 1 is 1.22 bits per heavy atom. The highest BCUT2D eigenvalue weighted by molar-refractivity contribution is 5.77. The van der Waals surface area contributed by atoms with Gasteiger partial charge in [0.25, 0.3) is 0 Å². The molecule has 18 heavy (non-hydrogen) atoms. The Bertz CT molecular complexity index is 546. The zero-order valence-corrected chi connectivity index (χ0v) is 9.38. The summed E-state index contributed by atoms with van der Waals surface area (Å²) in [6.45, 7) is 0. The van der Waals surface area contributed by atoms with Gasteiger partial charge in [0.2, 0.25) is 0 Å². The fraction of sp³-hybridized carbons (Fsp3) is 0.182. The van der Waals surface area contributed by atoms with Gasteiger partial charge in [-0.25, -0.2) is 0 Å². The number of aromatic amines is 1. The van der Waals surface area contributed by atoms with E-state index in [-0.39, 0.29) is 11.4 Å². The summed E-state index contributed by atoms with van der Waals surface area (Å²) >= 11 is 0. The molecule has 0 radical (unpaired) electrons. The first-order valence-corrected chi connectivity index (χ1v) is 4.99. The third-order valence-corrected chi connectivity index (χ3v) is 2.44. The molecule has 0 atom stereocenters. The standard InChI is InChI=1S/C11H10F3N3O/c1-18-7-4-2-6(3-5-7)8-9(11(12,13)14)16-17-10(8)15/h2-5H,1H3,(H3,15,16,17). The molecule has 1 aromatic carbocycles. The first kappa shape index (κ1) is 12.3. The summed E-state index contributed by atoms with van der Waals surface area (Å²) in [5.74, 6) is 0.432. The van der Waals surface area contributed by atoms with Crippen LogP contribution in [0, 0.1) is 0 Å². The summed E-state index contributed by atoms with van der Waals surface area (Å²) in [7, 11) is 1.47. The van der Waals surface area contributed by atoms with E-state index in [1.165, 1.54) is 19.2 Å². The number of nitrogens with two attached hydrogens (primary N) is 1. The molecule has 1 heterocycles. The van der Waals surface area contributed by atoms with E-state index in [4.69, 9.17) is 10.5 Å². The van der Waals surface area contributed by atoms with Gasteiger partial charge in [-0.2, -0.15) is 18.3 Å². The van der Waals surface area contributed by atoms with Crippen LogP contribution in [0.3, 0.4) is 0 Å². The smallest absolute Gasteiger partial charge is 0.435 e. The van der Waals surface area contributed by atoms with Crippen LogP contribution in [0.25, 0.3) is 11.1 Å². The van der Waals surface area contributed by atoms with Crippen LogP contribution in [0.15, 0.2) is 24.3 Å². The van der Waals surface area contributed by atoms with Crippen LogP contribution in [0.4, 0.5) is 19.0 Å². The van der Waals surface area contributed by atoms with E-state index in [1.807, 2.05) is 0 Å². The molecular weight excluding hydrogens is 247 g/mol. The topological polar surface area (TPSA) is 63.9 Å². The average molecular weight is 257 g/mol. The van der Waals surface area contributed by atoms with Gasteiger partial charge < -0.3 is 10.5 Å². The summed E-state index contributed by atoms with van der Waals surface area (Å²) in [5.41, 5.74) is 4.65. The molecule has 3 N–H and O–H groups in total. The number of ether oxygens (including phenoxy) is 1. The number of hydrogen-bond donors (Lipinski definition) is 2. The number of halogens is 3. The number of nitrogens with zero attached hydrogens (tertiary/aromatic N) is 1. The van der Waals surface area contributed by atoms with Crippen LogP contribution in [0.1, 0.15) is 5.69 Å². The minimum Gasteiger partial charge on any atom is -0.497 e. The molecule has 0 unspecified atom stereocenters. The molecule has 0 saturated carbocycles. The zero-order chi connectivity index (χ0) is 13.3. The monoisotopic (exact) mass is 257 g/mol. The Labute approximate surface area is 101 Å². The van der Waals surface area contributed by atoms with E-state index in [9.17, 15) is 13.2 Å². The lowest BCUT2D eigenvalue weighted by atomic mass is 10.1. The van der Waals surface area contributed by atoms with Crippen LogP contribution in [-0.4, -0.2) is 17.3 Å². The number of aromatic nitrogens is 2. The maximum atomic E-state index is 12.7. The lowest BCUT2D eigenvalue weighted by Crippen LogP contribution is -2.07. The van der Waals surface area contributed by atoms with Crippen molar-refractivity contribution in [1.29, 1.82) is 0 Å². The van der Waals surface area contributed by atoms with Crippen molar-refractivity contribution in [1.82, 2.24) is 10.2 Å².